The Hall–Kier alpha value is -1.15. The molecule has 2 fully saturated rings. The molecule has 0 radical (unpaired) electrons. The molecule has 2 aliphatic carbocycles. The normalized spacial score (nSPS) is 22.7. The molecule has 0 aliphatic heterocycles. The lowest BCUT2D eigenvalue weighted by molar-refractivity contribution is 0.0353. The molecule has 2 saturated carbocycles. The minimum atomic E-state index is -1.09. The number of carbonyl (C=O) groups excluding carboxylic acids is 1. The van der Waals surface area contributed by atoms with Crippen molar-refractivity contribution in [1.82, 2.24) is 0 Å². The number of rotatable bonds is 3. The molecular formula is C16H20O2. The van der Waals surface area contributed by atoms with E-state index in [1.54, 1.807) is 0 Å². The lowest BCUT2D eigenvalue weighted by Crippen LogP contribution is -2.35. The van der Waals surface area contributed by atoms with Crippen LogP contribution in [0.1, 0.15) is 66.8 Å². The summed E-state index contributed by atoms with van der Waals surface area (Å²) < 4.78 is 0. The molecule has 1 N–H and O–H groups in total. The fourth-order valence-electron chi connectivity index (χ4n) is 3.13. The Balaban J connectivity index is 1.84. The van der Waals surface area contributed by atoms with Gasteiger partial charge in [-0.15, -0.1) is 0 Å². The molecule has 3 rings (SSSR count). The van der Waals surface area contributed by atoms with E-state index >= 15 is 0 Å². The van der Waals surface area contributed by atoms with E-state index in [0.717, 1.165) is 12.8 Å². The second kappa shape index (κ2) is 4.51. The molecule has 0 heterocycles. The molecule has 2 heteroatoms. The third-order valence-electron chi connectivity index (χ3n) is 4.58. The quantitative estimate of drug-likeness (QED) is 0.827. The number of hydrogen-bond acceptors (Lipinski definition) is 2. The Bertz CT molecular complexity index is 454. The first-order valence-corrected chi connectivity index (χ1v) is 7.06. The van der Waals surface area contributed by atoms with Gasteiger partial charge in [0.05, 0.1) is 0 Å². The van der Waals surface area contributed by atoms with E-state index in [0.29, 0.717) is 24.3 Å². The Morgan fingerprint density at radius 2 is 1.89 bits per heavy atom. The minimum Gasteiger partial charge on any atom is -0.382 e. The van der Waals surface area contributed by atoms with Crippen molar-refractivity contribution in [3.63, 3.8) is 0 Å². The predicted molar refractivity (Wildman–Crippen MR) is 70.8 cm³/mol. The summed E-state index contributed by atoms with van der Waals surface area (Å²) in [7, 11) is 0. The summed E-state index contributed by atoms with van der Waals surface area (Å²) in [6.45, 7) is 0. The fourth-order valence-corrected chi connectivity index (χ4v) is 3.13. The number of ketones is 1. The van der Waals surface area contributed by atoms with Crippen molar-refractivity contribution < 1.29 is 9.90 Å². The number of hydrogen-bond donors (Lipinski definition) is 1. The molecule has 0 amide bonds. The van der Waals surface area contributed by atoms with Crippen LogP contribution < -0.4 is 0 Å². The summed E-state index contributed by atoms with van der Waals surface area (Å²) in [6, 6.07) is 7.92. The van der Waals surface area contributed by atoms with Gasteiger partial charge in [-0.1, -0.05) is 24.6 Å². The number of benzene rings is 1. The van der Waals surface area contributed by atoms with Gasteiger partial charge >= 0.3 is 0 Å². The first-order chi connectivity index (χ1) is 8.69. The van der Waals surface area contributed by atoms with E-state index in [-0.39, 0.29) is 5.78 Å². The van der Waals surface area contributed by atoms with E-state index in [2.05, 4.69) is 6.07 Å². The molecule has 1 aromatic carbocycles. The van der Waals surface area contributed by atoms with Crippen LogP contribution in [0, 0.1) is 0 Å². The van der Waals surface area contributed by atoms with Gasteiger partial charge in [0.15, 0.2) is 5.78 Å². The maximum atomic E-state index is 12.4. The Kier molecular flexibility index (Phi) is 2.98. The van der Waals surface area contributed by atoms with Crippen LogP contribution in [0.15, 0.2) is 24.3 Å². The monoisotopic (exact) mass is 244 g/mol. The molecule has 1 aromatic rings. The van der Waals surface area contributed by atoms with Crippen molar-refractivity contribution in [3.05, 3.63) is 35.4 Å². The number of Topliss-reactive ketones (excluding diaryl/α,β-unsaturated/α-hetero) is 1. The lowest BCUT2D eigenvalue weighted by atomic mass is 9.79. The van der Waals surface area contributed by atoms with Gasteiger partial charge in [0.1, 0.15) is 5.60 Å². The van der Waals surface area contributed by atoms with Crippen LogP contribution >= 0.6 is 0 Å². The Labute approximate surface area is 108 Å². The third-order valence-corrected chi connectivity index (χ3v) is 4.58. The molecular weight excluding hydrogens is 224 g/mol. The van der Waals surface area contributed by atoms with Gasteiger partial charge in [0.2, 0.25) is 0 Å². The van der Waals surface area contributed by atoms with E-state index in [1.807, 2.05) is 18.2 Å². The van der Waals surface area contributed by atoms with Gasteiger partial charge in [-0.05, 0) is 56.1 Å². The second-order valence-electron chi connectivity index (χ2n) is 5.82. The first kappa shape index (κ1) is 11.9. The lowest BCUT2D eigenvalue weighted by Gasteiger charge is -2.27. The molecule has 96 valence electrons. The molecule has 0 spiro atoms. The molecule has 0 bridgehead atoms. The first-order valence-electron chi connectivity index (χ1n) is 7.06. The van der Waals surface area contributed by atoms with Crippen LogP contribution in [0.3, 0.4) is 0 Å². The zero-order valence-corrected chi connectivity index (χ0v) is 10.7. The largest absolute Gasteiger partial charge is 0.382 e. The maximum Gasteiger partial charge on any atom is 0.194 e. The Morgan fingerprint density at radius 3 is 2.50 bits per heavy atom. The van der Waals surface area contributed by atoms with Crippen LogP contribution in [0.25, 0.3) is 0 Å². The highest BCUT2D eigenvalue weighted by atomic mass is 16.3. The summed E-state index contributed by atoms with van der Waals surface area (Å²) in [6.07, 6.45) is 6.95. The molecule has 2 nitrogen and oxygen atoms in total. The summed E-state index contributed by atoms with van der Waals surface area (Å²) >= 11 is 0. The van der Waals surface area contributed by atoms with E-state index in [9.17, 15) is 9.90 Å². The molecule has 2 aliphatic rings. The molecule has 0 saturated heterocycles. The van der Waals surface area contributed by atoms with Gasteiger partial charge in [-0.25, -0.2) is 0 Å². The van der Waals surface area contributed by atoms with Crippen LogP contribution in [-0.2, 0) is 0 Å². The average Bonchev–Trinajstić information content (AvgIpc) is 2.75. The van der Waals surface area contributed by atoms with Crippen LogP contribution in [0.4, 0.5) is 0 Å². The van der Waals surface area contributed by atoms with Crippen molar-refractivity contribution in [3.8, 4) is 0 Å². The maximum absolute atomic E-state index is 12.4. The zero-order valence-electron chi connectivity index (χ0n) is 10.7. The van der Waals surface area contributed by atoms with Gasteiger partial charge in [0, 0.05) is 5.56 Å². The fraction of sp³-hybridized carbons (Fsp3) is 0.562. The third kappa shape index (κ3) is 1.99. The van der Waals surface area contributed by atoms with Crippen molar-refractivity contribution >= 4 is 5.78 Å². The van der Waals surface area contributed by atoms with Crippen molar-refractivity contribution in [2.45, 2.75) is 56.5 Å². The van der Waals surface area contributed by atoms with Gasteiger partial charge in [0.25, 0.3) is 0 Å². The zero-order chi connectivity index (χ0) is 12.6. The average molecular weight is 244 g/mol. The SMILES string of the molecule is O=C(c1cccc(C2CCC2)c1)C1(O)CCCC1. The summed E-state index contributed by atoms with van der Waals surface area (Å²) in [5, 5.41) is 10.4. The standard InChI is InChI=1S/C16H20O2/c17-15(16(18)9-1-2-10-16)14-8-4-7-13(11-14)12-5-3-6-12/h4,7-8,11-12,18H,1-3,5-6,9-10H2. The van der Waals surface area contributed by atoms with E-state index < -0.39 is 5.60 Å². The molecule has 18 heavy (non-hydrogen) atoms. The Morgan fingerprint density at radius 1 is 1.17 bits per heavy atom. The van der Waals surface area contributed by atoms with Crippen LogP contribution in [-0.4, -0.2) is 16.5 Å². The highest BCUT2D eigenvalue weighted by Gasteiger charge is 2.39. The van der Waals surface area contributed by atoms with Gasteiger partial charge in [-0.2, -0.15) is 0 Å². The van der Waals surface area contributed by atoms with E-state index in [4.69, 9.17) is 0 Å². The number of aliphatic hydroxyl groups is 1. The summed E-state index contributed by atoms with van der Waals surface area (Å²) in [5.74, 6) is 0.567. The predicted octanol–water partition coefficient (Wildman–Crippen LogP) is 3.44. The number of carbonyl (C=O) groups is 1. The topological polar surface area (TPSA) is 37.3 Å². The highest BCUT2D eigenvalue weighted by Crippen LogP contribution is 2.37. The van der Waals surface area contributed by atoms with Crippen molar-refractivity contribution in [1.29, 1.82) is 0 Å². The van der Waals surface area contributed by atoms with Crippen LogP contribution in [0.5, 0.6) is 0 Å². The van der Waals surface area contributed by atoms with E-state index in [1.165, 1.54) is 24.8 Å². The molecule has 0 aromatic heterocycles. The highest BCUT2D eigenvalue weighted by molar-refractivity contribution is 6.02. The molecule has 0 unspecified atom stereocenters. The smallest absolute Gasteiger partial charge is 0.194 e. The minimum absolute atomic E-state index is 0.0684. The summed E-state index contributed by atoms with van der Waals surface area (Å²) in [5.41, 5.74) is 0.885. The summed E-state index contributed by atoms with van der Waals surface area (Å²) in [4.78, 5) is 12.4. The van der Waals surface area contributed by atoms with Crippen LogP contribution in [0.2, 0.25) is 0 Å². The molecule has 0 atom stereocenters. The van der Waals surface area contributed by atoms with Crippen molar-refractivity contribution in [2.24, 2.45) is 0 Å². The second-order valence-corrected chi connectivity index (χ2v) is 5.82. The van der Waals surface area contributed by atoms with Gasteiger partial charge in [-0.3, -0.25) is 4.79 Å². The van der Waals surface area contributed by atoms with Crippen molar-refractivity contribution in [2.75, 3.05) is 0 Å². The van der Waals surface area contributed by atoms with Gasteiger partial charge < -0.3 is 5.11 Å².